The van der Waals surface area contributed by atoms with Crippen LogP contribution in [0.4, 0.5) is 5.69 Å². The number of carbonyl (C=O) groups excluding carboxylic acids is 2. The minimum atomic E-state index is -3.86. The SMILES string of the molecule is Cc1cc2c(cc1S(=O)(=O)N1CCCC(C(=O)NCc3ccccc3Cl)C1)OC(C)C(=O)N2. The molecule has 0 radical (unpaired) electrons. The summed E-state index contributed by atoms with van der Waals surface area (Å²) in [4.78, 5) is 24.7. The highest BCUT2D eigenvalue weighted by Crippen LogP contribution is 2.36. The summed E-state index contributed by atoms with van der Waals surface area (Å²) in [5, 5.41) is 6.18. The number of halogens is 1. The van der Waals surface area contributed by atoms with Crippen molar-refractivity contribution in [3.63, 3.8) is 0 Å². The average molecular weight is 492 g/mol. The maximum atomic E-state index is 13.5. The molecule has 2 aliphatic heterocycles. The number of hydrogen-bond acceptors (Lipinski definition) is 5. The zero-order chi connectivity index (χ0) is 23.8. The Labute approximate surface area is 198 Å². The molecule has 2 atom stereocenters. The fourth-order valence-corrected chi connectivity index (χ4v) is 6.05. The number of ether oxygens (including phenoxy) is 1. The van der Waals surface area contributed by atoms with E-state index in [1.54, 1.807) is 26.0 Å². The van der Waals surface area contributed by atoms with Crippen molar-refractivity contribution in [1.82, 2.24) is 9.62 Å². The molecule has 2 aliphatic rings. The van der Waals surface area contributed by atoms with Crippen LogP contribution in [0, 0.1) is 12.8 Å². The van der Waals surface area contributed by atoms with E-state index in [0.717, 1.165) is 5.56 Å². The predicted octanol–water partition coefficient (Wildman–Crippen LogP) is 3.08. The second-order valence-corrected chi connectivity index (χ2v) is 10.7. The summed E-state index contributed by atoms with van der Waals surface area (Å²) in [6.45, 7) is 3.99. The van der Waals surface area contributed by atoms with E-state index in [2.05, 4.69) is 10.6 Å². The van der Waals surface area contributed by atoms with Gasteiger partial charge in [0.05, 0.1) is 16.5 Å². The maximum absolute atomic E-state index is 13.5. The number of anilines is 1. The first-order valence-electron chi connectivity index (χ1n) is 10.8. The van der Waals surface area contributed by atoms with Gasteiger partial charge < -0.3 is 15.4 Å². The van der Waals surface area contributed by atoms with Gasteiger partial charge in [-0.05, 0) is 49.9 Å². The number of nitrogens with one attached hydrogen (secondary N) is 2. The minimum absolute atomic E-state index is 0.0984. The first kappa shape index (κ1) is 23.5. The Bertz CT molecular complexity index is 1200. The number of amides is 2. The Kier molecular flexibility index (Phi) is 6.65. The lowest BCUT2D eigenvalue weighted by atomic mass is 9.99. The number of aryl methyl sites for hydroxylation is 1. The zero-order valence-electron chi connectivity index (χ0n) is 18.4. The summed E-state index contributed by atoms with van der Waals surface area (Å²) in [7, 11) is -3.86. The van der Waals surface area contributed by atoms with Crippen LogP contribution in [0.5, 0.6) is 5.75 Å². The van der Waals surface area contributed by atoms with Crippen molar-refractivity contribution >= 4 is 39.1 Å². The van der Waals surface area contributed by atoms with Crippen molar-refractivity contribution in [2.24, 2.45) is 5.92 Å². The first-order chi connectivity index (χ1) is 15.7. The van der Waals surface area contributed by atoms with Crippen LogP contribution in [0.15, 0.2) is 41.3 Å². The summed E-state index contributed by atoms with van der Waals surface area (Å²) < 4.78 is 33.9. The summed E-state index contributed by atoms with van der Waals surface area (Å²) >= 11 is 6.15. The summed E-state index contributed by atoms with van der Waals surface area (Å²) in [5.41, 5.74) is 1.75. The number of rotatable bonds is 5. The molecule has 0 saturated carbocycles. The van der Waals surface area contributed by atoms with E-state index in [1.807, 2.05) is 18.2 Å². The molecule has 2 aromatic carbocycles. The lowest BCUT2D eigenvalue weighted by molar-refractivity contribution is -0.126. The van der Waals surface area contributed by atoms with Crippen molar-refractivity contribution in [3.05, 3.63) is 52.5 Å². The van der Waals surface area contributed by atoms with Crippen LogP contribution in [0.25, 0.3) is 0 Å². The highest BCUT2D eigenvalue weighted by molar-refractivity contribution is 7.89. The zero-order valence-corrected chi connectivity index (χ0v) is 20.0. The van der Waals surface area contributed by atoms with Crippen LogP contribution in [-0.4, -0.2) is 43.7 Å². The Morgan fingerprint density at radius 1 is 1.30 bits per heavy atom. The monoisotopic (exact) mass is 491 g/mol. The number of nitrogens with zero attached hydrogens (tertiary/aromatic N) is 1. The molecule has 10 heteroatoms. The molecule has 176 valence electrons. The largest absolute Gasteiger partial charge is 0.479 e. The molecular weight excluding hydrogens is 466 g/mol. The topological polar surface area (TPSA) is 105 Å². The third-order valence-corrected chi connectivity index (χ3v) is 8.37. The lowest BCUT2D eigenvalue weighted by Crippen LogP contribution is -2.45. The fourth-order valence-electron chi connectivity index (χ4n) is 4.10. The summed E-state index contributed by atoms with van der Waals surface area (Å²) in [6, 6.07) is 10.3. The number of fused-ring (bicyclic) bond motifs is 1. The molecule has 2 aromatic rings. The molecule has 0 spiro atoms. The second-order valence-electron chi connectivity index (χ2n) is 8.37. The van der Waals surface area contributed by atoms with E-state index < -0.39 is 22.0 Å². The van der Waals surface area contributed by atoms with Crippen LogP contribution >= 0.6 is 11.6 Å². The number of hydrogen-bond donors (Lipinski definition) is 2. The Morgan fingerprint density at radius 2 is 2.06 bits per heavy atom. The minimum Gasteiger partial charge on any atom is -0.479 e. The van der Waals surface area contributed by atoms with Gasteiger partial charge in [0, 0.05) is 30.7 Å². The standard InChI is InChI=1S/C23H26ClN3O5S/c1-14-10-19-20(32-15(2)22(28)26-19)11-21(14)33(30,31)27-9-5-7-17(13-27)23(29)25-12-16-6-3-4-8-18(16)24/h3-4,6,8,10-11,15,17H,5,7,9,12-13H2,1-2H3,(H,25,29)(H,26,28). The van der Waals surface area contributed by atoms with Crippen LogP contribution in [0.3, 0.4) is 0 Å². The van der Waals surface area contributed by atoms with E-state index in [1.165, 1.54) is 10.4 Å². The first-order valence-corrected chi connectivity index (χ1v) is 12.6. The Morgan fingerprint density at radius 3 is 2.82 bits per heavy atom. The van der Waals surface area contributed by atoms with Crippen LogP contribution in [-0.2, 0) is 26.2 Å². The van der Waals surface area contributed by atoms with E-state index in [-0.39, 0.29) is 29.8 Å². The molecule has 33 heavy (non-hydrogen) atoms. The number of piperidine rings is 1. The van der Waals surface area contributed by atoms with Gasteiger partial charge in [0.2, 0.25) is 15.9 Å². The molecule has 2 heterocycles. The van der Waals surface area contributed by atoms with Gasteiger partial charge in [-0.15, -0.1) is 0 Å². The van der Waals surface area contributed by atoms with Gasteiger partial charge in [-0.1, -0.05) is 29.8 Å². The summed E-state index contributed by atoms with van der Waals surface area (Å²) in [5.74, 6) is -0.613. The maximum Gasteiger partial charge on any atom is 0.265 e. The lowest BCUT2D eigenvalue weighted by Gasteiger charge is -2.32. The van der Waals surface area contributed by atoms with E-state index in [4.69, 9.17) is 16.3 Å². The molecule has 1 fully saturated rings. The molecule has 8 nitrogen and oxygen atoms in total. The van der Waals surface area contributed by atoms with Crippen LogP contribution in [0.1, 0.15) is 30.9 Å². The smallest absolute Gasteiger partial charge is 0.265 e. The highest BCUT2D eigenvalue weighted by atomic mass is 35.5. The van der Waals surface area contributed by atoms with Gasteiger partial charge in [-0.3, -0.25) is 9.59 Å². The normalized spacial score (nSPS) is 21.0. The molecule has 0 bridgehead atoms. The molecule has 1 saturated heterocycles. The average Bonchev–Trinajstić information content (AvgIpc) is 2.79. The van der Waals surface area contributed by atoms with Gasteiger partial charge in [-0.25, -0.2) is 8.42 Å². The number of benzene rings is 2. The van der Waals surface area contributed by atoms with E-state index >= 15 is 0 Å². The van der Waals surface area contributed by atoms with Crippen molar-refractivity contribution in [1.29, 1.82) is 0 Å². The van der Waals surface area contributed by atoms with Gasteiger partial charge >= 0.3 is 0 Å². The van der Waals surface area contributed by atoms with Crippen LogP contribution < -0.4 is 15.4 Å². The van der Waals surface area contributed by atoms with Crippen molar-refractivity contribution < 1.29 is 22.7 Å². The van der Waals surface area contributed by atoms with E-state index in [9.17, 15) is 18.0 Å². The molecular formula is C23H26ClN3O5S. The molecule has 0 aliphatic carbocycles. The van der Waals surface area contributed by atoms with Gasteiger partial charge in [-0.2, -0.15) is 4.31 Å². The van der Waals surface area contributed by atoms with Gasteiger partial charge in [0.15, 0.2) is 6.10 Å². The predicted molar refractivity (Wildman–Crippen MR) is 125 cm³/mol. The van der Waals surface area contributed by atoms with Crippen molar-refractivity contribution in [2.45, 2.75) is 44.2 Å². The third-order valence-electron chi connectivity index (χ3n) is 5.99. The molecule has 0 aromatic heterocycles. The second kappa shape index (κ2) is 9.32. The molecule has 4 rings (SSSR count). The summed E-state index contributed by atoms with van der Waals surface area (Å²) in [6.07, 6.45) is 0.477. The molecule has 2 amide bonds. The molecule has 2 unspecified atom stereocenters. The highest BCUT2D eigenvalue weighted by Gasteiger charge is 2.35. The van der Waals surface area contributed by atoms with E-state index in [0.29, 0.717) is 41.4 Å². The Balaban J connectivity index is 1.49. The third kappa shape index (κ3) is 4.85. The van der Waals surface area contributed by atoms with Crippen molar-refractivity contribution in [2.75, 3.05) is 18.4 Å². The van der Waals surface area contributed by atoms with Gasteiger partial charge in [0.25, 0.3) is 5.91 Å². The Hall–Kier alpha value is -2.62. The number of carbonyl (C=O) groups is 2. The van der Waals surface area contributed by atoms with Crippen molar-refractivity contribution in [3.8, 4) is 5.75 Å². The fraction of sp³-hybridized carbons (Fsp3) is 0.391. The number of sulfonamides is 1. The van der Waals surface area contributed by atoms with Gasteiger partial charge in [0.1, 0.15) is 5.75 Å². The van der Waals surface area contributed by atoms with Crippen LogP contribution in [0.2, 0.25) is 5.02 Å². The molecule has 2 N–H and O–H groups in total. The quantitative estimate of drug-likeness (QED) is 0.668.